The molecule has 3 atom stereocenters. The number of rotatable bonds is 5. The second kappa shape index (κ2) is 7.37. The lowest BCUT2D eigenvalue weighted by Gasteiger charge is -2.37. The minimum Gasteiger partial charge on any atom is -0.373 e. The van der Waals surface area contributed by atoms with Gasteiger partial charge in [-0.15, -0.1) is 0 Å². The quantitative estimate of drug-likeness (QED) is 0.880. The van der Waals surface area contributed by atoms with E-state index in [1.165, 1.54) is 18.9 Å². The molecule has 1 aliphatic carbocycles. The van der Waals surface area contributed by atoms with Gasteiger partial charge in [0.2, 0.25) is 0 Å². The zero-order valence-electron chi connectivity index (χ0n) is 13.4. The largest absolute Gasteiger partial charge is 0.373 e. The summed E-state index contributed by atoms with van der Waals surface area (Å²) >= 11 is 0. The Hall–Kier alpha value is -0.930. The monoisotopic (exact) mass is 293 g/mol. The highest BCUT2D eigenvalue weighted by Crippen LogP contribution is 2.35. The van der Waals surface area contributed by atoms with Crippen LogP contribution in [0.3, 0.4) is 0 Å². The fourth-order valence-electron chi connectivity index (χ4n) is 3.38. The molecule has 0 saturated heterocycles. The van der Waals surface area contributed by atoms with Crippen molar-refractivity contribution in [3.8, 4) is 0 Å². The van der Waals surface area contributed by atoms with Crippen LogP contribution in [0.2, 0.25) is 0 Å². The van der Waals surface area contributed by atoms with Crippen LogP contribution in [-0.4, -0.2) is 6.10 Å². The normalized spacial score (nSPS) is 26.3. The van der Waals surface area contributed by atoms with Crippen LogP contribution >= 0.6 is 0 Å². The summed E-state index contributed by atoms with van der Waals surface area (Å²) in [6.45, 7) is 7.64. The molecule has 0 radical (unpaired) electrons. The first-order chi connectivity index (χ1) is 10.0. The fourth-order valence-corrected chi connectivity index (χ4v) is 3.38. The van der Waals surface area contributed by atoms with Crippen molar-refractivity contribution in [3.05, 3.63) is 35.1 Å². The van der Waals surface area contributed by atoms with Crippen LogP contribution < -0.4 is 5.73 Å². The van der Waals surface area contributed by atoms with Crippen molar-refractivity contribution in [2.45, 2.75) is 59.3 Å². The summed E-state index contributed by atoms with van der Waals surface area (Å²) in [5.41, 5.74) is 7.13. The Morgan fingerprint density at radius 3 is 2.76 bits per heavy atom. The van der Waals surface area contributed by atoms with Gasteiger partial charge in [0.05, 0.1) is 12.7 Å². The second-order valence-electron chi connectivity index (χ2n) is 6.81. The van der Waals surface area contributed by atoms with Gasteiger partial charge in [0.25, 0.3) is 0 Å². The van der Waals surface area contributed by atoms with Gasteiger partial charge in [-0.2, -0.15) is 0 Å². The van der Waals surface area contributed by atoms with Crippen molar-refractivity contribution in [2.24, 2.45) is 23.5 Å². The van der Waals surface area contributed by atoms with Gasteiger partial charge < -0.3 is 10.5 Å². The van der Waals surface area contributed by atoms with E-state index in [1.54, 1.807) is 6.07 Å². The smallest absolute Gasteiger partial charge is 0.127 e. The summed E-state index contributed by atoms with van der Waals surface area (Å²) in [7, 11) is 0. The Bertz CT molecular complexity index is 461. The third kappa shape index (κ3) is 4.27. The van der Waals surface area contributed by atoms with Crippen LogP contribution in [0.25, 0.3) is 0 Å². The van der Waals surface area contributed by atoms with Gasteiger partial charge in [0.1, 0.15) is 5.82 Å². The van der Waals surface area contributed by atoms with Crippen molar-refractivity contribution in [3.63, 3.8) is 0 Å². The molecule has 1 aliphatic rings. The maximum atomic E-state index is 13.5. The Labute approximate surface area is 127 Å². The van der Waals surface area contributed by atoms with E-state index in [9.17, 15) is 4.39 Å². The lowest BCUT2D eigenvalue weighted by Crippen LogP contribution is -2.34. The number of hydrogen-bond acceptors (Lipinski definition) is 2. The number of halogens is 1. The van der Waals surface area contributed by atoms with E-state index < -0.39 is 0 Å². The van der Waals surface area contributed by atoms with Crippen LogP contribution in [-0.2, 0) is 17.9 Å². The molecule has 0 aliphatic heterocycles. The number of nitrogens with two attached hydrogens (primary N) is 1. The van der Waals surface area contributed by atoms with E-state index in [-0.39, 0.29) is 12.4 Å². The molecule has 3 unspecified atom stereocenters. The van der Waals surface area contributed by atoms with Gasteiger partial charge >= 0.3 is 0 Å². The van der Waals surface area contributed by atoms with Crippen molar-refractivity contribution in [1.29, 1.82) is 0 Å². The highest BCUT2D eigenvalue weighted by atomic mass is 19.1. The van der Waals surface area contributed by atoms with Gasteiger partial charge in [-0.1, -0.05) is 33.3 Å². The zero-order chi connectivity index (χ0) is 15.4. The Morgan fingerprint density at radius 2 is 2.10 bits per heavy atom. The first kappa shape index (κ1) is 16.4. The number of benzene rings is 1. The van der Waals surface area contributed by atoms with Gasteiger partial charge in [-0.05, 0) is 48.3 Å². The van der Waals surface area contributed by atoms with Gasteiger partial charge in [0.15, 0.2) is 0 Å². The SMILES string of the molecule is CC1CCC(C(C)C)C(OCc2ccc(F)c(CN)c2)C1. The van der Waals surface area contributed by atoms with E-state index in [4.69, 9.17) is 10.5 Å². The summed E-state index contributed by atoms with van der Waals surface area (Å²) < 4.78 is 19.7. The van der Waals surface area contributed by atoms with E-state index in [1.807, 2.05) is 6.07 Å². The third-order valence-electron chi connectivity index (χ3n) is 4.76. The molecule has 0 aromatic heterocycles. The van der Waals surface area contributed by atoms with E-state index in [0.717, 1.165) is 17.9 Å². The molecule has 1 saturated carbocycles. The highest BCUT2D eigenvalue weighted by Gasteiger charge is 2.31. The molecule has 0 amide bonds. The lowest BCUT2D eigenvalue weighted by atomic mass is 9.75. The minimum absolute atomic E-state index is 0.229. The van der Waals surface area contributed by atoms with Crippen LogP contribution in [0.15, 0.2) is 18.2 Å². The third-order valence-corrected chi connectivity index (χ3v) is 4.76. The topological polar surface area (TPSA) is 35.2 Å². The van der Waals surface area contributed by atoms with Crippen LogP contribution in [0.1, 0.15) is 51.2 Å². The number of hydrogen-bond donors (Lipinski definition) is 1. The highest BCUT2D eigenvalue weighted by molar-refractivity contribution is 5.24. The van der Waals surface area contributed by atoms with Crippen LogP contribution in [0.4, 0.5) is 4.39 Å². The molecular weight excluding hydrogens is 265 g/mol. The molecule has 0 bridgehead atoms. The predicted molar refractivity (Wildman–Crippen MR) is 84.2 cm³/mol. The Kier molecular flexibility index (Phi) is 5.77. The zero-order valence-corrected chi connectivity index (χ0v) is 13.4. The van der Waals surface area contributed by atoms with Crippen LogP contribution in [0, 0.1) is 23.6 Å². The maximum Gasteiger partial charge on any atom is 0.127 e. The first-order valence-electron chi connectivity index (χ1n) is 8.10. The predicted octanol–water partition coefficient (Wildman–Crippen LogP) is 4.26. The van der Waals surface area contributed by atoms with Gasteiger partial charge in [-0.3, -0.25) is 0 Å². The molecule has 21 heavy (non-hydrogen) atoms. The summed E-state index contributed by atoms with van der Waals surface area (Å²) in [5.74, 6) is 1.79. The Morgan fingerprint density at radius 1 is 1.33 bits per heavy atom. The summed E-state index contributed by atoms with van der Waals surface area (Å²) in [4.78, 5) is 0. The summed E-state index contributed by atoms with van der Waals surface area (Å²) in [6, 6.07) is 5.11. The van der Waals surface area contributed by atoms with Crippen molar-refractivity contribution in [1.82, 2.24) is 0 Å². The molecule has 0 heterocycles. The second-order valence-corrected chi connectivity index (χ2v) is 6.81. The molecule has 3 heteroatoms. The number of ether oxygens (including phenoxy) is 1. The average molecular weight is 293 g/mol. The van der Waals surface area contributed by atoms with E-state index in [0.29, 0.717) is 30.1 Å². The molecule has 0 spiro atoms. The molecule has 1 aromatic carbocycles. The first-order valence-corrected chi connectivity index (χ1v) is 8.10. The molecule has 1 aromatic rings. The van der Waals surface area contributed by atoms with Crippen molar-refractivity contribution in [2.75, 3.05) is 0 Å². The van der Waals surface area contributed by atoms with E-state index in [2.05, 4.69) is 20.8 Å². The average Bonchev–Trinajstić information content (AvgIpc) is 2.46. The molecule has 1 fully saturated rings. The standard InChI is InChI=1S/C18H28FNO/c1-12(2)16-6-4-13(3)8-18(16)21-11-14-5-7-17(19)15(9-14)10-20/h5,7,9,12-13,16,18H,4,6,8,10-11,20H2,1-3H3. The van der Waals surface area contributed by atoms with E-state index >= 15 is 0 Å². The van der Waals surface area contributed by atoms with Crippen LogP contribution in [0.5, 0.6) is 0 Å². The lowest BCUT2D eigenvalue weighted by molar-refractivity contribution is -0.0472. The summed E-state index contributed by atoms with van der Waals surface area (Å²) in [6.07, 6.45) is 4.01. The summed E-state index contributed by atoms with van der Waals surface area (Å²) in [5, 5.41) is 0. The van der Waals surface area contributed by atoms with Gasteiger partial charge in [-0.25, -0.2) is 4.39 Å². The maximum absolute atomic E-state index is 13.5. The molecule has 2 nitrogen and oxygen atoms in total. The molecule has 118 valence electrons. The van der Waals surface area contributed by atoms with Crippen molar-refractivity contribution >= 4 is 0 Å². The molecular formula is C18H28FNO. The fraction of sp³-hybridized carbons (Fsp3) is 0.667. The van der Waals surface area contributed by atoms with Crippen molar-refractivity contribution < 1.29 is 9.13 Å². The minimum atomic E-state index is -0.229. The molecule has 2 rings (SSSR count). The molecule has 2 N–H and O–H groups in total. The Balaban J connectivity index is 1.99. The van der Waals surface area contributed by atoms with Gasteiger partial charge in [0, 0.05) is 12.1 Å².